The Kier molecular flexibility index (Phi) is 5.84. The minimum atomic E-state index is -0.482. The zero-order valence-electron chi connectivity index (χ0n) is 14.8. The van der Waals surface area contributed by atoms with Crippen molar-refractivity contribution in [3.63, 3.8) is 0 Å². The largest absolute Gasteiger partial charge is 0.497 e. The first-order valence-corrected chi connectivity index (χ1v) is 8.83. The average molecular weight is 353 g/mol. The normalized spacial score (nSPS) is 15.7. The van der Waals surface area contributed by atoms with E-state index in [0.717, 1.165) is 30.5 Å². The van der Waals surface area contributed by atoms with Crippen LogP contribution in [-0.2, 0) is 16.0 Å². The summed E-state index contributed by atoms with van der Waals surface area (Å²) in [5.74, 6) is -0.0668. The number of hydrogen-bond donors (Lipinski definition) is 2. The van der Waals surface area contributed by atoms with Crippen molar-refractivity contribution in [3.05, 3.63) is 53.9 Å². The number of carbonyl (C=O) groups is 2. The molecule has 0 spiro atoms. The third-order valence-electron chi connectivity index (χ3n) is 4.50. The molecule has 26 heavy (non-hydrogen) atoms. The van der Waals surface area contributed by atoms with Crippen molar-refractivity contribution in [3.8, 4) is 5.75 Å². The Morgan fingerprint density at radius 2 is 2.19 bits per heavy atom. The third-order valence-corrected chi connectivity index (χ3v) is 4.50. The molecular weight excluding hydrogens is 330 g/mol. The summed E-state index contributed by atoms with van der Waals surface area (Å²) in [6.45, 7) is 0.586. The van der Waals surface area contributed by atoms with Crippen LogP contribution in [0.1, 0.15) is 36.4 Å². The molecule has 3 rings (SSSR count). The molecule has 2 heterocycles. The van der Waals surface area contributed by atoms with Crippen molar-refractivity contribution in [1.29, 1.82) is 0 Å². The quantitative estimate of drug-likeness (QED) is 0.750. The van der Waals surface area contributed by atoms with Gasteiger partial charge >= 0.3 is 0 Å². The number of aromatic nitrogens is 1. The molecule has 136 valence electrons. The third kappa shape index (κ3) is 4.39. The number of methoxy groups -OCH3 is 1. The van der Waals surface area contributed by atoms with Crippen molar-refractivity contribution in [1.82, 2.24) is 10.3 Å². The molecule has 1 aromatic carbocycles. The number of aryl methyl sites for hydroxylation is 1. The van der Waals surface area contributed by atoms with Gasteiger partial charge in [0.2, 0.25) is 11.8 Å². The number of pyridine rings is 1. The molecule has 6 heteroatoms. The number of unbranched alkanes of at least 4 members (excludes halogenated alkanes) is 1. The zero-order valence-corrected chi connectivity index (χ0v) is 14.8. The van der Waals surface area contributed by atoms with Crippen molar-refractivity contribution >= 4 is 17.5 Å². The van der Waals surface area contributed by atoms with Crippen molar-refractivity contribution in [2.75, 3.05) is 19.0 Å². The van der Waals surface area contributed by atoms with E-state index >= 15 is 0 Å². The lowest BCUT2D eigenvalue weighted by Crippen LogP contribution is -2.35. The van der Waals surface area contributed by atoms with Crippen LogP contribution in [0, 0.1) is 0 Å². The molecule has 1 aliphatic heterocycles. The van der Waals surface area contributed by atoms with Gasteiger partial charge in [0, 0.05) is 30.5 Å². The predicted octanol–water partition coefficient (Wildman–Crippen LogP) is 2.66. The van der Waals surface area contributed by atoms with E-state index in [0.29, 0.717) is 18.0 Å². The Hall–Kier alpha value is -2.89. The van der Waals surface area contributed by atoms with E-state index in [1.54, 1.807) is 25.4 Å². The number of ether oxygens (including phenoxy) is 1. The second-order valence-corrected chi connectivity index (χ2v) is 6.33. The second kappa shape index (κ2) is 8.47. The van der Waals surface area contributed by atoms with Gasteiger partial charge in [0.15, 0.2) is 0 Å². The van der Waals surface area contributed by atoms with Gasteiger partial charge in [-0.05, 0) is 55.2 Å². The highest BCUT2D eigenvalue weighted by molar-refractivity contribution is 6.01. The number of nitrogens with zero attached hydrogens (tertiary/aromatic N) is 1. The Morgan fingerprint density at radius 3 is 2.96 bits per heavy atom. The highest BCUT2D eigenvalue weighted by Crippen LogP contribution is 2.34. The van der Waals surface area contributed by atoms with E-state index in [9.17, 15) is 9.59 Å². The molecule has 6 nitrogen and oxygen atoms in total. The van der Waals surface area contributed by atoms with Crippen LogP contribution in [0.4, 0.5) is 5.69 Å². The zero-order chi connectivity index (χ0) is 18.4. The Labute approximate surface area is 153 Å². The van der Waals surface area contributed by atoms with Crippen LogP contribution in [0.15, 0.2) is 42.6 Å². The molecule has 0 fully saturated rings. The van der Waals surface area contributed by atoms with Crippen LogP contribution in [0.2, 0.25) is 0 Å². The van der Waals surface area contributed by atoms with Crippen LogP contribution in [0.3, 0.4) is 0 Å². The van der Waals surface area contributed by atoms with E-state index in [1.807, 2.05) is 24.3 Å². The maximum absolute atomic E-state index is 12.6. The molecule has 2 N–H and O–H groups in total. The highest BCUT2D eigenvalue weighted by atomic mass is 16.5. The van der Waals surface area contributed by atoms with Gasteiger partial charge in [-0.2, -0.15) is 0 Å². The van der Waals surface area contributed by atoms with Crippen LogP contribution in [0.5, 0.6) is 5.75 Å². The van der Waals surface area contributed by atoms with Crippen molar-refractivity contribution in [2.24, 2.45) is 0 Å². The van der Waals surface area contributed by atoms with Crippen LogP contribution in [-0.4, -0.2) is 30.5 Å². The van der Waals surface area contributed by atoms with Crippen LogP contribution >= 0.6 is 0 Å². The SMILES string of the molecule is COc1ccc2c(c1)[C@@H](C(=O)NCCCCc1ccccn1)CC(=O)N2. The molecular formula is C20H23N3O3. The summed E-state index contributed by atoms with van der Waals surface area (Å²) >= 11 is 0. The van der Waals surface area contributed by atoms with E-state index in [2.05, 4.69) is 15.6 Å². The number of amides is 2. The summed E-state index contributed by atoms with van der Waals surface area (Å²) in [7, 11) is 1.58. The van der Waals surface area contributed by atoms with Gasteiger partial charge < -0.3 is 15.4 Å². The molecule has 1 aliphatic rings. The van der Waals surface area contributed by atoms with E-state index in [-0.39, 0.29) is 18.2 Å². The molecule has 0 aliphatic carbocycles. The maximum atomic E-state index is 12.6. The van der Waals surface area contributed by atoms with E-state index < -0.39 is 5.92 Å². The monoisotopic (exact) mass is 353 g/mol. The fourth-order valence-corrected chi connectivity index (χ4v) is 3.11. The molecule has 0 saturated heterocycles. The van der Waals surface area contributed by atoms with Gasteiger partial charge in [0.05, 0.1) is 13.0 Å². The first-order valence-electron chi connectivity index (χ1n) is 8.83. The highest BCUT2D eigenvalue weighted by Gasteiger charge is 2.30. The number of nitrogens with one attached hydrogen (secondary N) is 2. The number of carbonyl (C=O) groups excluding carboxylic acids is 2. The maximum Gasteiger partial charge on any atom is 0.228 e. The molecule has 0 radical (unpaired) electrons. The number of hydrogen-bond acceptors (Lipinski definition) is 4. The molecule has 0 saturated carbocycles. The van der Waals surface area contributed by atoms with E-state index in [4.69, 9.17) is 4.74 Å². The van der Waals surface area contributed by atoms with Crippen LogP contribution in [0.25, 0.3) is 0 Å². The topological polar surface area (TPSA) is 80.3 Å². The minimum absolute atomic E-state index is 0.118. The number of benzene rings is 1. The molecule has 1 aromatic heterocycles. The standard InChI is InChI=1S/C20H23N3O3/c1-26-15-8-9-18-16(12-15)17(13-19(24)23-18)20(25)22-11-5-3-7-14-6-2-4-10-21-14/h2,4,6,8-10,12,17H,3,5,7,11,13H2,1H3,(H,22,25)(H,23,24)/t17-/m0/s1. The van der Waals surface area contributed by atoms with Gasteiger partial charge in [-0.15, -0.1) is 0 Å². The summed E-state index contributed by atoms with van der Waals surface area (Å²) in [6.07, 6.45) is 4.65. The summed E-state index contributed by atoms with van der Waals surface area (Å²) in [5.41, 5.74) is 2.54. The molecule has 1 atom stereocenters. The average Bonchev–Trinajstić information content (AvgIpc) is 2.67. The van der Waals surface area contributed by atoms with E-state index in [1.165, 1.54) is 0 Å². The number of fused-ring (bicyclic) bond motifs is 1. The first kappa shape index (κ1) is 17.9. The van der Waals surface area contributed by atoms with Gasteiger partial charge in [-0.25, -0.2) is 0 Å². The van der Waals surface area contributed by atoms with Crippen LogP contribution < -0.4 is 15.4 Å². The summed E-state index contributed by atoms with van der Waals surface area (Å²) in [6, 6.07) is 11.2. The fraction of sp³-hybridized carbons (Fsp3) is 0.350. The Morgan fingerprint density at radius 1 is 1.31 bits per heavy atom. The van der Waals surface area contributed by atoms with Gasteiger partial charge in [0.25, 0.3) is 0 Å². The van der Waals surface area contributed by atoms with Gasteiger partial charge in [-0.1, -0.05) is 6.07 Å². The van der Waals surface area contributed by atoms with Crippen molar-refractivity contribution in [2.45, 2.75) is 31.6 Å². The number of rotatable bonds is 7. The summed E-state index contributed by atoms with van der Waals surface area (Å²) < 4.78 is 5.24. The summed E-state index contributed by atoms with van der Waals surface area (Å²) in [4.78, 5) is 28.8. The Balaban J connectivity index is 1.54. The molecule has 0 bridgehead atoms. The summed E-state index contributed by atoms with van der Waals surface area (Å²) in [5, 5.41) is 5.77. The first-order chi connectivity index (χ1) is 12.7. The minimum Gasteiger partial charge on any atom is -0.497 e. The van der Waals surface area contributed by atoms with Gasteiger partial charge in [-0.3, -0.25) is 14.6 Å². The lowest BCUT2D eigenvalue weighted by atomic mass is 9.89. The fourth-order valence-electron chi connectivity index (χ4n) is 3.11. The lowest BCUT2D eigenvalue weighted by Gasteiger charge is -2.25. The second-order valence-electron chi connectivity index (χ2n) is 6.33. The predicted molar refractivity (Wildman–Crippen MR) is 99.2 cm³/mol. The molecule has 2 aromatic rings. The Bertz CT molecular complexity index is 777. The smallest absolute Gasteiger partial charge is 0.228 e. The van der Waals surface area contributed by atoms with Crippen molar-refractivity contribution < 1.29 is 14.3 Å². The number of anilines is 1. The molecule has 2 amide bonds. The van der Waals surface area contributed by atoms with Gasteiger partial charge in [0.1, 0.15) is 5.75 Å². The molecule has 0 unspecified atom stereocenters. The lowest BCUT2D eigenvalue weighted by molar-refractivity contribution is -0.126.